The van der Waals surface area contributed by atoms with Crippen LogP contribution in [0, 0.1) is 13.8 Å². The third-order valence-corrected chi connectivity index (χ3v) is 13.9. The van der Waals surface area contributed by atoms with Crippen LogP contribution in [-0.2, 0) is 12.0 Å². The molecule has 4 nitrogen and oxygen atoms in total. The van der Waals surface area contributed by atoms with Gasteiger partial charge >= 0.3 is 0 Å². The number of amidine groups is 1. The van der Waals surface area contributed by atoms with Gasteiger partial charge in [-0.3, -0.25) is 9.98 Å². The minimum absolute atomic E-state index is 0.0824. The Morgan fingerprint density at radius 2 is 1.28 bits per heavy atom. The Morgan fingerprint density at radius 1 is 0.633 bits per heavy atom. The number of aromatic nitrogens is 2. The molecule has 3 heterocycles. The van der Waals surface area contributed by atoms with Crippen LogP contribution in [0.25, 0.3) is 44.1 Å². The summed E-state index contributed by atoms with van der Waals surface area (Å²) >= 11 is 0. The van der Waals surface area contributed by atoms with E-state index in [4.69, 9.17) is 4.99 Å². The molecular weight excluding hydrogens is 729 g/mol. The fraction of sp³-hybridized carbons (Fsp3) is 0.393. The first-order valence-electron chi connectivity index (χ1n) is 23.4. The Hall–Kier alpha value is -5.22. The van der Waals surface area contributed by atoms with Crippen LogP contribution in [0.15, 0.2) is 126 Å². The van der Waals surface area contributed by atoms with E-state index in [9.17, 15) is 0 Å². The fourth-order valence-electron chi connectivity index (χ4n) is 10.8. The van der Waals surface area contributed by atoms with Crippen molar-refractivity contribution in [2.75, 3.05) is 6.54 Å². The SMILES string of the molecule is CCCCCCC1(CCCCCC)c2cc(C)ccc2-c2ccc(-c3ccc4c(c3)c3cc(C)ccc3n4CCCCCN3C4=CC=CCC4N=C3c3ccccn3)cc21. The van der Waals surface area contributed by atoms with Crippen LogP contribution in [0.3, 0.4) is 0 Å². The summed E-state index contributed by atoms with van der Waals surface area (Å²) in [4.78, 5) is 12.2. The van der Waals surface area contributed by atoms with Crippen molar-refractivity contribution in [1.29, 1.82) is 0 Å². The molecule has 1 unspecified atom stereocenters. The average molecular weight is 793 g/mol. The second kappa shape index (κ2) is 17.8. The van der Waals surface area contributed by atoms with Crippen LogP contribution in [0.4, 0.5) is 0 Å². The molecule has 308 valence electrons. The molecule has 0 saturated heterocycles. The lowest BCUT2D eigenvalue weighted by atomic mass is 9.70. The maximum absolute atomic E-state index is 5.13. The number of hydrogen-bond donors (Lipinski definition) is 0. The summed E-state index contributed by atoms with van der Waals surface area (Å²) < 4.78 is 2.59. The number of nitrogens with zero attached hydrogens (tertiary/aromatic N) is 4. The topological polar surface area (TPSA) is 33.4 Å². The number of rotatable bonds is 18. The molecule has 2 aromatic heterocycles. The monoisotopic (exact) mass is 793 g/mol. The fourth-order valence-corrected chi connectivity index (χ4v) is 10.8. The first kappa shape index (κ1) is 40.2. The Labute approximate surface area is 359 Å². The Balaban J connectivity index is 0.990. The van der Waals surface area contributed by atoms with Gasteiger partial charge in [0.1, 0.15) is 5.69 Å². The summed E-state index contributed by atoms with van der Waals surface area (Å²) in [6.45, 7) is 11.2. The minimum atomic E-state index is 0.0824. The summed E-state index contributed by atoms with van der Waals surface area (Å²) in [5.41, 5.74) is 16.5. The second-order valence-electron chi connectivity index (χ2n) is 18.1. The molecule has 9 rings (SSSR count). The summed E-state index contributed by atoms with van der Waals surface area (Å²) in [5.74, 6) is 1.02. The van der Waals surface area contributed by atoms with Gasteiger partial charge in [-0.2, -0.15) is 0 Å². The Bertz CT molecular complexity index is 2560. The number of aliphatic imine (C=N–C) groups is 1. The molecule has 0 radical (unpaired) electrons. The van der Waals surface area contributed by atoms with Gasteiger partial charge in [-0.15, -0.1) is 0 Å². The maximum Gasteiger partial charge on any atom is 0.154 e. The molecule has 4 heteroatoms. The molecule has 0 saturated carbocycles. The molecule has 6 aromatic rings. The van der Waals surface area contributed by atoms with E-state index in [1.54, 1.807) is 11.1 Å². The first-order chi connectivity index (χ1) is 29.5. The number of aryl methyl sites for hydroxylation is 3. The standard InChI is InChI=1S/C56H64N4/c1-5-7-9-15-31-56(32-16-10-8-6-2)48-37-41(4)23-27-44(48)45-28-25-43(39-49(45)56)42-26-30-53-47(38-42)46-36-40(3)24-29-52(46)59(53)34-18-11-19-35-60-54-22-13-12-20-50(54)58-55(60)51-21-14-17-33-57-51/h12-14,17,21-30,33,36-39,50H,5-11,15-16,18-20,31-32,34-35H2,1-4H3. The zero-order valence-electron chi connectivity index (χ0n) is 36.6. The lowest BCUT2D eigenvalue weighted by Crippen LogP contribution is -2.30. The maximum atomic E-state index is 5.13. The highest BCUT2D eigenvalue weighted by Gasteiger charge is 2.42. The summed E-state index contributed by atoms with van der Waals surface area (Å²) in [6, 6.07) is 35.5. The Morgan fingerprint density at radius 3 is 2.05 bits per heavy atom. The zero-order valence-corrected chi connectivity index (χ0v) is 36.6. The molecular formula is C56H64N4. The zero-order chi connectivity index (χ0) is 41.1. The van der Waals surface area contributed by atoms with E-state index in [1.807, 2.05) is 12.3 Å². The highest BCUT2D eigenvalue weighted by Crippen LogP contribution is 2.55. The van der Waals surface area contributed by atoms with Gasteiger partial charge in [-0.05, 0) is 134 Å². The number of hydrogen-bond acceptors (Lipinski definition) is 3. The van der Waals surface area contributed by atoms with E-state index in [-0.39, 0.29) is 11.5 Å². The number of unbranched alkanes of at least 4 members (excludes halogenated alkanes) is 8. The van der Waals surface area contributed by atoms with E-state index in [0.29, 0.717) is 0 Å². The third kappa shape index (κ3) is 7.68. The van der Waals surface area contributed by atoms with Crippen molar-refractivity contribution in [2.45, 2.75) is 136 Å². The van der Waals surface area contributed by atoms with Crippen LogP contribution in [0.5, 0.6) is 0 Å². The van der Waals surface area contributed by atoms with Crippen molar-refractivity contribution in [1.82, 2.24) is 14.5 Å². The van der Waals surface area contributed by atoms with Gasteiger partial charge < -0.3 is 9.47 Å². The highest BCUT2D eigenvalue weighted by atomic mass is 15.3. The van der Waals surface area contributed by atoms with E-state index in [1.165, 1.54) is 125 Å². The number of pyridine rings is 1. The normalized spacial score (nSPS) is 16.3. The molecule has 0 spiro atoms. The van der Waals surface area contributed by atoms with Crippen molar-refractivity contribution in [2.24, 2.45) is 4.99 Å². The molecule has 2 aliphatic carbocycles. The van der Waals surface area contributed by atoms with Gasteiger partial charge in [0.05, 0.1) is 6.04 Å². The van der Waals surface area contributed by atoms with Crippen molar-refractivity contribution in [3.8, 4) is 22.3 Å². The van der Waals surface area contributed by atoms with Crippen LogP contribution >= 0.6 is 0 Å². The number of allylic oxidation sites excluding steroid dienone is 2. The lowest BCUT2D eigenvalue weighted by molar-refractivity contribution is 0.401. The van der Waals surface area contributed by atoms with Crippen LogP contribution < -0.4 is 0 Å². The summed E-state index contributed by atoms with van der Waals surface area (Å²) in [7, 11) is 0. The molecule has 1 aliphatic heterocycles. The van der Waals surface area contributed by atoms with E-state index in [0.717, 1.165) is 50.3 Å². The average Bonchev–Trinajstić information content (AvgIpc) is 3.89. The van der Waals surface area contributed by atoms with E-state index >= 15 is 0 Å². The first-order valence-corrected chi connectivity index (χ1v) is 23.4. The van der Waals surface area contributed by atoms with Gasteiger partial charge in [-0.1, -0.05) is 137 Å². The van der Waals surface area contributed by atoms with Gasteiger partial charge in [0, 0.05) is 52.2 Å². The molecule has 60 heavy (non-hydrogen) atoms. The third-order valence-electron chi connectivity index (χ3n) is 13.9. The molecule has 4 aromatic carbocycles. The van der Waals surface area contributed by atoms with Crippen molar-refractivity contribution in [3.05, 3.63) is 149 Å². The highest BCUT2D eigenvalue weighted by molar-refractivity contribution is 6.09. The predicted octanol–water partition coefficient (Wildman–Crippen LogP) is 14.8. The molecule has 0 bridgehead atoms. The summed E-state index contributed by atoms with van der Waals surface area (Å²) in [6.07, 6.45) is 25.8. The van der Waals surface area contributed by atoms with Crippen LogP contribution in [0.2, 0.25) is 0 Å². The van der Waals surface area contributed by atoms with Crippen molar-refractivity contribution in [3.63, 3.8) is 0 Å². The van der Waals surface area contributed by atoms with Crippen LogP contribution in [-0.4, -0.2) is 32.9 Å². The smallest absolute Gasteiger partial charge is 0.154 e. The predicted molar refractivity (Wildman–Crippen MR) is 255 cm³/mol. The summed E-state index contributed by atoms with van der Waals surface area (Å²) in [5, 5.41) is 2.74. The van der Waals surface area contributed by atoms with Crippen molar-refractivity contribution >= 4 is 27.6 Å². The number of fused-ring (bicyclic) bond motifs is 7. The largest absolute Gasteiger partial charge is 0.340 e. The Kier molecular flexibility index (Phi) is 11.9. The van der Waals surface area contributed by atoms with E-state index < -0.39 is 0 Å². The molecule has 0 amide bonds. The van der Waals surface area contributed by atoms with Gasteiger partial charge in [0.15, 0.2) is 5.84 Å². The number of benzene rings is 4. The van der Waals surface area contributed by atoms with Gasteiger partial charge in [0.25, 0.3) is 0 Å². The minimum Gasteiger partial charge on any atom is -0.340 e. The van der Waals surface area contributed by atoms with E-state index in [2.05, 4.69) is 145 Å². The molecule has 0 fully saturated rings. The molecule has 1 atom stereocenters. The molecule has 0 N–H and O–H groups in total. The van der Waals surface area contributed by atoms with Crippen molar-refractivity contribution < 1.29 is 0 Å². The second-order valence-corrected chi connectivity index (χ2v) is 18.1. The molecule has 3 aliphatic rings. The van der Waals surface area contributed by atoms with Gasteiger partial charge in [-0.25, -0.2) is 0 Å². The lowest BCUT2D eigenvalue weighted by Gasteiger charge is -2.33. The van der Waals surface area contributed by atoms with Crippen LogP contribution in [0.1, 0.15) is 132 Å². The van der Waals surface area contributed by atoms with Gasteiger partial charge in [0.2, 0.25) is 0 Å². The quantitative estimate of drug-likeness (QED) is 0.0812.